The van der Waals surface area contributed by atoms with Crippen molar-refractivity contribution in [1.82, 2.24) is 0 Å². The summed E-state index contributed by atoms with van der Waals surface area (Å²) in [5.74, 6) is -1.26. The molecular formula is C13H7F4. The lowest BCUT2D eigenvalue weighted by Crippen LogP contribution is -2.08. The number of halogens is 4. The van der Waals surface area contributed by atoms with Crippen molar-refractivity contribution in [1.29, 1.82) is 0 Å². The fraction of sp³-hybridized carbons (Fsp3) is 0.0769. The van der Waals surface area contributed by atoms with Crippen molar-refractivity contribution in [2.24, 2.45) is 0 Å². The van der Waals surface area contributed by atoms with Gasteiger partial charge in [-0.05, 0) is 17.7 Å². The third-order valence-corrected chi connectivity index (χ3v) is 2.30. The maximum atomic E-state index is 13.7. The molecule has 0 saturated carbocycles. The minimum absolute atomic E-state index is 0.0968. The second kappa shape index (κ2) is 4.20. The van der Waals surface area contributed by atoms with Crippen molar-refractivity contribution in [2.45, 2.75) is 6.18 Å². The van der Waals surface area contributed by atoms with Gasteiger partial charge in [0.25, 0.3) is 0 Å². The Kier molecular flexibility index (Phi) is 2.88. The molecule has 0 aromatic heterocycles. The zero-order chi connectivity index (χ0) is 12.5. The maximum Gasteiger partial charge on any atom is 0.419 e. The van der Waals surface area contributed by atoms with Crippen LogP contribution in [0.15, 0.2) is 42.5 Å². The Bertz CT molecular complexity index is 515. The molecule has 0 aliphatic heterocycles. The Morgan fingerprint density at radius 3 is 2.29 bits per heavy atom. The van der Waals surface area contributed by atoms with E-state index in [2.05, 4.69) is 6.07 Å². The van der Waals surface area contributed by atoms with Crippen LogP contribution in [0.2, 0.25) is 0 Å². The minimum Gasteiger partial charge on any atom is -0.206 e. The normalized spacial score (nSPS) is 11.5. The van der Waals surface area contributed by atoms with E-state index < -0.39 is 17.6 Å². The van der Waals surface area contributed by atoms with Crippen LogP contribution < -0.4 is 0 Å². The first-order valence-electron chi connectivity index (χ1n) is 4.83. The van der Waals surface area contributed by atoms with E-state index in [0.717, 1.165) is 6.07 Å². The Morgan fingerprint density at radius 1 is 0.941 bits per heavy atom. The van der Waals surface area contributed by atoms with Crippen LogP contribution in [0.4, 0.5) is 17.6 Å². The second-order valence-corrected chi connectivity index (χ2v) is 3.44. The standard InChI is InChI=1S/C13H7F4/c14-12-10(9-5-2-1-3-6-9)7-4-8-11(12)13(15,16)17/h1-5,7-8H. The van der Waals surface area contributed by atoms with E-state index in [1.165, 1.54) is 24.3 Å². The molecule has 0 nitrogen and oxygen atoms in total. The molecule has 0 aliphatic carbocycles. The van der Waals surface area contributed by atoms with Crippen LogP contribution in [0.3, 0.4) is 0 Å². The summed E-state index contributed by atoms with van der Waals surface area (Å²) in [6, 6.07) is 12.2. The topological polar surface area (TPSA) is 0 Å². The molecule has 0 unspecified atom stereocenters. The lowest BCUT2D eigenvalue weighted by atomic mass is 10.0. The molecule has 0 heterocycles. The van der Waals surface area contributed by atoms with Gasteiger partial charge in [0.15, 0.2) is 0 Å². The number of rotatable bonds is 1. The summed E-state index contributed by atoms with van der Waals surface area (Å²) in [6.07, 6.45) is -4.69. The van der Waals surface area contributed by atoms with Gasteiger partial charge in [-0.1, -0.05) is 36.4 Å². The van der Waals surface area contributed by atoms with Crippen molar-refractivity contribution < 1.29 is 17.6 Å². The molecule has 0 saturated heterocycles. The van der Waals surface area contributed by atoms with E-state index in [4.69, 9.17) is 0 Å². The zero-order valence-electron chi connectivity index (χ0n) is 8.55. The second-order valence-electron chi connectivity index (χ2n) is 3.44. The molecule has 2 aromatic carbocycles. The van der Waals surface area contributed by atoms with E-state index in [9.17, 15) is 17.6 Å². The van der Waals surface area contributed by atoms with Crippen LogP contribution in [-0.4, -0.2) is 0 Å². The SMILES string of the molecule is Fc1c(-c2[c]cccc2)cccc1C(F)(F)F. The number of alkyl halides is 3. The molecule has 2 rings (SSSR count). The minimum atomic E-state index is -4.69. The molecule has 0 spiro atoms. The predicted octanol–water partition coefficient (Wildman–Crippen LogP) is 4.31. The molecule has 0 amide bonds. The van der Waals surface area contributed by atoms with Crippen LogP contribution in [0.25, 0.3) is 11.1 Å². The lowest BCUT2D eigenvalue weighted by Gasteiger charge is -2.10. The molecule has 1 radical (unpaired) electrons. The van der Waals surface area contributed by atoms with Gasteiger partial charge in [-0.15, -0.1) is 0 Å². The summed E-state index contributed by atoms with van der Waals surface area (Å²) in [7, 11) is 0. The van der Waals surface area contributed by atoms with Crippen LogP contribution in [0.1, 0.15) is 5.56 Å². The van der Waals surface area contributed by atoms with Crippen LogP contribution in [0.5, 0.6) is 0 Å². The van der Waals surface area contributed by atoms with Gasteiger partial charge in [0.1, 0.15) is 5.82 Å². The van der Waals surface area contributed by atoms with Crippen molar-refractivity contribution >= 4 is 0 Å². The smallest absolute Gasteiger partial charge is 0.206 e. The molecular weight excluding hydrogens is 232 g/mol. The fourth-order valence-electron chi connectivity index (χ4n) is 1.52. The number of hydrogen-bond donors (Lipinski definition) is 0. The highest BCUT2D eigenvalue weighted by Gasteiger charge is 2.34. The Labute approximate surface area is 95.5 Å². The fourth-order valence-corrected chi connectivity index (χ4v) is 1.52. The van der Waals surface area contributed by atoms with E-state index in [1.807, 2.05) is 0 Å². The van der Waals surface area contributed by atoms with Crippen molar-refractivity contribution in [3.8, 4) is 11.1 Å². The molecule has 17 heavy (non-hydrogen) atoms. The van der Waals surface area contributed by atoms with Gasteiger partial charge in [0.2, 0.25) is 0 Å². The van der Waals surface area contributed by atoms with Gasteiger partial charge in [0.05, 0.1) is 5.56 Å². The van der Waals surface area contributed by atoms with Gasteiger partial charge >= 0.3 is 6.18 Å². The molecule has 0 aliphatic rings. The molecule has 0 fully saturated rings. The first-order chi connectivity index (χ1) is 8.00. The number of hydrogen-bond acceptors (Lipinski definition) is 0. The van der Waals surface area contributed by atoms with Crippen molar-refractivity contribution in [2.75, 3.05) is 0 Å². The first-order valence-corrected chi connectivity index (χ1v) is 4.83. The average molecular weight is 239 g/mol. The van der Waals surface area contributed by atoms with Gasteiger partial charge in [0, 0.05) is 5.56 Å². The molecule has 0 N–H and O–H groups in total. The third kappa shape index (κ3) is 2.30. The largest absolute Gasteiger partial charge is 0.419 e. The molecule has 87 valence electrons. The molecule has 0 atom stereocenters. The predicted molar refractivity (Wildman–Crippen MR) is 55.7 cm³/mol. The average Bonchev–Trinajstić information content (AvgIpc) is 2.29. The Hall–Kier alpha value is -1.84. The maximum absolute atomic E-state index is 13.7. The highest BCUT2D eigenvalue weighted by atomic mass is 19.4. The summed E-state index contributed by atoms with van der Waals surface area (Å²) in [5, 5.41) is 0. The lowest BCUT2D eigenvalue weighted by molar-refractivity contribution is -0.139. The van der Waals surface area contributed by atoms with Crippen LogP contribution in [-0.2, 0) is 6.18 Å². The van der Waals surface area contributed by atoms with Crippen LogP contribution in [0, 0.1) is 11.9 Å². The van der Waals surface area contributed by atoms with Gasteiger partial charge in [-0.25, -0.2) is 4.39 Å². The summed E-state index contributed by atoms with van der Waals surface area (Å²) >= 11 is 0. The quantitative estimate of drug-likeness (QED) is 0.650. The summed E-state index contributed by atoms with van der Waals surface area (Å²) in [4.78, 5) is 0. The third-order valence-electron chi connectivity index (χ3n) is 2.30. The molecule has 0 bridgehead atoms. The van der Waals surface area contributed by atoms with Gasteiger partial charge in [-0.2, -0.15) is 13.2 Å². The van der Waals surface area contributed by atoms with Crippen molar-refractivity contribution in [3.05, 3.63) is 59.9 Å². The van der Waals surface area contributed by atoms with E-state index in [-0.39, 0.29) is 5.56 Å². The summed E-state index contributed by atoms with van der Waals surface area (Å²) in [6.45, 7) is 0. The highest BCUT2D eigenvalue weighted by Crippen LogP contribution is 2.35. The molecule has 4 heteroatoms. The van der Waals surface area contributed by atoms with Crippen molar-refractivity contribution in [3.63, 3.8) is 0 Å². The number of benzene rings is 2. The summed E-state index contributed by atoms with van der Waals surface area (Å²) in [5.41, 5.74) is -1.05. The van der Waals surface area contributed by atoms with E-state index in [0.29, 0.717) is 5.56 Å². The van der Waals surface area contributed by atoms with E-state index >= 15 is 0 Å². The van der Waals surface area contributed by atoms with E-state index in [1.54, 1.807) is 12.1 Å². The van der Waals surface area contributed by atoms with Gasteiger partial charge in [-0.3, -0.25) is 0 Å². The molecule has 2 aromatic rings. The van der Waals surface area contributed by atoms with Crippen LogP contribution >= 0.6 is 0 Å². The highest BCUT2D eigenvalue weighted by molar-refractivity contribution is 5.64. The Morgan fingerprint density at radius 2 is 1.71 bits per heavy atom. The summed E-state index contributed by atoms with van der Waals surface area (Å²) < 4.78 is 51.2. The van der Waals surface area contributed by atoms with Gasteiger partial charge < -0.3 is 0 Å². The Balaban J connectivity index is 2.58. The zero-order valence-corrected chi connectivity index (χ0v) is 8.55. The first kappa shape index (κ1) is 11.6. The monoisotopic (exact) mass is 239 g/mol.